The maximum atomic E-state index is 12.0. The Labute approximate surface area is 123 Å². The topological polar surface area (TPSA) is 35.5 Å². The first-order valence-electron chi connectivity index (χ1n) is 6.85. The van der Waals surface area contributed by atoms with E-state index < -0.39 is 6.10 Å². The second kappa shape index (κ2) is 5.94. The van der Waals surface area contributed by atoms with Crippen LogP contribution in [0.3, 0.4) is 0 Å². The van der Waals surface area contributed by atoms with Crippen molar-refractivity contribution in [1.82, 2.24) is 0 Å². The number of hydrogen-bond donors (Lipinski definition) is 0. The van der Waals surface area contributed by atoms with E-state index in [9.17, 15) is 4.79 Å². The fourth-order valence-electron chi connectivity index (χ4n) is 2.59. The second-order valence-corrected chi connectivity index (χ2v) is 4.81. The predicted octanol–water partition coefficient (Wildman–Crippen LogP) is 3.36. The van der Waals surface area contributed by atoms with Crippen molar-refractivity contribution in [2.45, 2.75) is 6.10 Å². The van der Waals surface area contributed by atoms with Crippen LogP contribution in [0.1, 0.15) is 22.8 Å². The van der Waals surface area contributed by atoms with Crippen molar-refractivity contribution in [1.29, 1.82) is 0 Å². The molecular weight excluding hydrogens is 264 g/mol. The van der Waals surface area contributed by atoms with Gasteiger partial charge in [0.1, 0.15) is 0 Å². The van der Waals surface area contributed by atoms with Crippen molar-refractivity contribution in [2.75, 3.05) is 13.7 Å². The molecule has 0 fully saturated rings. The molecule has 0 N–H and O–H groups in total. The van der Waals surface area contributed by atoms with Crippen LogP contribution in [0.25, 0.3) is 5.57 Å². The van der Waals surface area contributed by atoms with Gasteiger partial charge < -0.3 is 9.47 Å². The first-order chi connectivity index (χ1) is 10.3. The van der Waals surface area contributed by atoms with Crippen molar-refractivity contribution in [3.8, 4) is 0 Å². The molecule has 1 unspecified atom stereocenters. The number of esters is 1. The highest BCUT2D eigenvalue weighted by molar-refractivity contribution is 5.86. The minimum atomic E-state index is -0.677. The van der Waals surface area contributed by atoms with Crippen molar-refractivity contribution in [3.63, 3.8) is 0 Å². The Bertz CT molecular complexity index is 674. The molecule has 2 aromatic rings. The normalized spacial score (nSPS) is 17.4. The molecule has 1 aliphatic rings. The van der Waals surface area contributed by atoms with Gasteiger partial charge in [-0.2, -0.15) is 0 Å². The lowest BCUT2D eigenvalue weighted by atomic mass is 9.92. The van der Waals surface area contributed by atoms with E-state index in [0.717, 1.165) is 22.3 Å². The molecule has 0 saturated heterocycles. The maximum Gasteiger partial charge on any atom is 0.339 e. The molecule has 0 bridgehead atoms. The summed E-state index contributed by atoms with van der Waals surface area (Å²) in [5, 5.41) is 0. The summed E-state index contributed by atoms with van der Waals surface area (Å²) in [6, 6.07) is 17.9. The van der Waals surface area contributed by atoms with Gasteiger partial charge in [0.05, 0.1) is 13.7 Å². The molecule has 2 aromatic carbocycles. The number of carbonyl (C=O) groups is 1. The summed E-state index contributed by atoms with van der Waals surface area (Å²) in [7, 11) is 1.38. The Kier molecular flexibility index (Phi) is 3.84. The molecule has 1 aliphatic heterocycles. The summed E-state index contributed by atoms with van der Waals surface area (Å²) in [6.07, 6.45) is 1.33. The van der Waals surface area contributed by atoms with Crippen LogP contribution < -0.4 is 0 Å². The van der Waals surface area contributed by atoms with Gasteiger partial charge in [0, 0.05) is 0 Å². The average molecular weight is 280 g/mol. The van der Waals surface area contributed by atoms with Crippen LogP contribution in [0.15, 0.2) is 60.7 Å². The molecule has 1 heterocycles. The molecule has 0 amide bonds. The number of fused-ring (bicyclic) bond motifs is 1. The van der Waals surface area contributed by atoms with E-state index in [1.807, 2.05) is 48.5 Å². The zero-order valence-corrected chi connectivity index (χ0v) is 11.8. The van der Waals surface area contributed by atoms with Gasteiger partial charge in [-0.3, -0.25) is 0 Å². The van der Waals surface area contributed by atoms with E-state index in [2.05, 4.69) is 12.1 Å². The summed E-state index contributed by atoms with van der Waals surface area (Å²) >= 11 is 0. The third-order valence-electron chi connectivity index (χ3n) is 3.58. The third kappa shape index (κ3) is 2.60. The molecule has 3 heteroatoms. The van der Waals surface area contributed by atoms with E-state index in [0.29, 0.717) is 6.61 Å². The minimum absolute atomic E-state index is 0.370. The minimum Gasteiger partial charge on any atom is -0.467 e. The van der Waals surface area contributed by atoms with Crippen LogP contribution in [0, 0.1) is 0 Å². The van der Waals surface area contributed by atoms with Gasteiger partial charge in [0.2, 0.25) is 0 Å². The monoisotopic (exact) mass is 280 g/mol. The zero-order valence-electron chi connectivity index (χ0n) is 11.8. The van der Waals surface area contributed by atoms with E-state index in [-0.39, 0.29) is 5.97 Å². The molecule has 0 spiro atoms. The molecule has 1 atom stereocenters. The molecule has 0 aromatic heterocycles. The molecule has 106 valence electrons. The van der Waals surface area contributed by atoms with Gasteiger partial charge in [-0.05, 0) is 22.3 Å². The maximum absolute atomic E-state index is 12.0. The van der Waals surface area contributed by atoms with Gasteiger partial charge in [0.25, 0.3) is 0 Å². The van der Waals surface area contributed by atoms with Crippen LogP contribution in [-0.2, 0) is 14.3 Å². The zero-order chi connectivity index (χ0) is 14.7. The van der Waals surface area contributed by atoms with E-state index in [4.69, 9.17) is 9.47 Å². The number of benzene rings is 2. The Morgan fingerprint density at radius 1 is 1.10 bits per heavy atom. The fourth-order valence-corrected chi connectivity index (χ4v) is 2.59. The lowest BCUT2D eigenvalue weighted by molar-refractivity contribution is -0.153. The SMILES string of the molecule is COC(=O)C1OCC=C(c2ccccc2)c2ccccc21. The molecule has 0 saturated carbocycles. The summed E-state index contributed by atoms with van der Waals surface area (Å²) in [6.45, 7) is 0.374. The first-order valence-corrected chi connectivity index (χ1v) is 6.85. The summed E-state index contributed by atoms with van der Waals surface area (Å²) in [5.41, 5.74) is 4.05. The van der Waals surface area contributed by atoms with Crippen LogP contribution in [0.5, 0.6) is 0 Å². The van der Waals surface area contributed by atoms with Crippen LogP contribution in [0.4, 0.5) is 0 Å². The molecular formula is C18H16O3. The molecule has 3 rings (SSSR count). The van der Waals surface area contributed by atoms with Crippen molar-refractivity contribution < 1.29 is 14.3 Å². The summed E-state index contributed by atoms with van der Waals surface area (Å²) < 4.78 is 10.5. The van der Waals surface area contributed by atoms with Gasteiger partial charge in [-0.25, -0.2) is 4.79 Å². The molecule has 21 heavy (non-hydrogen) atoms. The van der Waals surface area contributed by atoms with Crippen molar-refractivity contribution in [3.05, 3.63) is 77.4 Å². The molecule has 0 radical (unpaired) electrons. The fraction of sp³-hybridized carbons (Fsp3) is 0.167. The van der Waals surface area contributed by atoms with Crippen molar-refractivity contribution in [2.24, 2.45) is 0 Å². The van der Waals surface area contributed by atoms with Crippen LogP contribution in [0.2, 0.25) is 0 Å². The lowest BCUT2D eigenvalue weighted by Gasteiger charge is -2.16. The Hall–Kier alpha value is -2.39. The number of ether oxygens (including phenoxy) is 2. The number of methoxy groups -OCH3 is 1. The Balaban J connectivity index is 2.11. The van der Waals surface area contributed by atoms with Crippen molar-refractivity contribution >= 4 is 11.5 Å². The highest BCUT2D eigenvalue weighted by Gasteiger charge is 2.27. The van der Waals surface area contributed by atoms with Gasteiger partial charge in [0.15, 0.2) is 6.10 Å². The third-order valence-corrected chi connectivity index (χ3v) is 3.58. The molecule has 0 aliphatic carbocycles. The van der Waals surface area contributed by atoms with E-state index >= 15 is 0 Å². The quantitative estimate of drug-likeness (QED) is 0.791. The number of rotatable bonds is 2. The summed E-state index contributed by atoms with van der Waals surface area (Å²) in [4.78, 5) is 12.0. The van der Waals surface area contributed by atoms with E-state index in [1.54, 1.807) is 0 Å². The largest absolute Gasteiger partial charge is 0.467 e. The number of hydrogen-bond acceptors (Lipinski definition) is 3. The highest BCUT2D eigenvalue weighted by Crippen LogP contribution is 2.34. The first kappa shape index (κ1) is 13.6. The second-order valence-electron chi connectivity index (χ2n) is 4.81. The van der Waals surface area contributed by atoms with E-state index in [1.165, 1.54) is 7.11 Å². The number of carbonyl (C=O) groups excluding carboxylic acids is 1. The summed E-state index contributed by atoms with van der Waals surface area (Å²) in [5.74, 6) is -0.370. The highest BCUT2D eigenvalue weighted by atomic mass is 16.6. The lowest BCUT2D eigenvalue weighted by Crippen LogP contribution is -2.17. The van der Waals surface area contributed by atoms with Gasteiger partial charge in [-0.1, -0.05) is 60.7 Å². The standard InChI is InChI=1S/C18H16O3/c1-20-18(19)17-16-10-6-5-9-15(16)14(11-12-21-17)13-7-3-2-4-8-13/h2-11,17H,12H2,1H3. The average Bonchev–Trinajstić information content (AvgIpc) is 2.74. The Morgan fingerprint density at radius 3 is 2.57 bits per heavy atom. The predicted molar refractivity (Wildman–Crippen MR) is 80.7 cm³/mol. The van der Waals surface area contributed by atoms with Gasteiger partial charge >= 0.3 is 5.97 Å². The molecule has 3 nitrogen and oxygen atoms in total. The smallest absolute Gasteiger partial charge is 0.339 e. The van der Waals surface area contributed by atoms with Gasteiger partial charge in [-0.15, -0.1) is 0 Å². The van der Waals surface area contributed by atoms with Crippen LogP contribution in [-0.4, -0.2) is 19.7 Å². The Morgan fingerprint density at radius 2 is 1.81 bits per heavy atom. The van der Waals surface area contributed by atoms with Crippen LogP contribution >= 0.6 is 0 Å².